The highest BCUT2D eigenvalue weighted by Crippen LogP contribution is 2.36. The van der Waals surface area contributed by atoms with Gasteiger partial charge < -0.3 is 14.6 Å². The van der Waals surface area contributed by atoms with Crippen molar-refractivity contribution in [3.8, 4) is 0 Å². The molecule has 3 rings (SSSR count). The van der Waals surface area contributed by atoms with Gasteiger partial charge in [0.2, 0.25) is 0 Å². The molecule has 20 heavy (non-hydrogen) atoms. The zero-order valence-corrected chi connectivity index (χ0v) is 12.7. The Morgan fingerprint density at radius 3 is 2.40 bits per heavy atom. The molecule has 0 saturated carbocycles. The van der Waals surface area contributed by atoms with E-state index in [0.717, 1.165) is 31.5 Å². The van der Waals surface area contributed by atoms with E-state index in [-0.39, 0.29) is 11.2 Å². The van der Waals surface area contributed by atoms with E-state index >= 15 is 0 Å². The third-order valence-electron chi connectivity index (χ3n) is 4.66. The van der Waals surface area contributed by atoms with E-state index < -0.39 is 7.12 Å². The van der Waals surface area contributed by atoms with Crippen molar-refractivity contribution >= 4 is 12.7 Å². The lowest BCUT2D eigenvalue weighted by molar-refractivity contribution is 0.00578. The maximum absolute atomic E-state index is 6.00. The molecule has 0 spiro atoms. The van der Waals surface area contributed by atoms with Gasteiger partial charge in [-0.15, -0.1) is 0 Å². The molecule has 0 amide bonds. The largest absolute Gasteiger partial charge is 0.518 e. The number of rotatable bonds is 2. The molecule has 0 atom stereocenters. The quantitative estimate of drug-likeness (QED) is 0.798. The Labute approximate surface area is 120 Å². The van der Waals surface area contributed by atoms with Gasteiger partial charge in [0.1, 0.15) is 5.59 Å². The van der Waals surface area contributed by atoms with Crippen LogP contribution in [0.3, 0.4) is 0 Å². The molecule has 2 aliphatic heterocycles. The molecule has 110 valence electrons. The van der Waals surface area contributed by atoms with Gasteiger partial charge >= 0.3 is 7.12 Å². The Hall–Kier alpha value is -0.915. The number of nitrogens with one attached hydrogen (secondary N) is 1. The van der Waals surface area contributed by atoms with E-state index in [4.69, 9.17) is 9.31 Å². The number of aromatic nitrogens is 3. The van der Waals surface area contributed by atoms with Gasteiger partial charge in [-0.25, -0.2) is 0 Å². The second-order valence-electron chi connectivity index (χ2n) is 6.66. The summed E-state index contributed by atoms with van der Waals surface area (Å²) in [5.74, 6) is 0. The highest BCUT2D eigenvalue weighted by atomic mass is 16.7. The van der Waals surface area contributed by atoms with Crippen molar-refractivity contribution in [2.45, 2.75) is 57.8 Å². The van der Waals surface area contributed by atoms with Gasteiger partial charge in [0.25, 0.3) is 0 Å². The van der Waals surface area contributed by atoms with Crippen LogP contribution in [-0.4, -0.2) is 46.4 Å². The van der Waals surface area contributed by atoms with Gasteiger partial charge in [-0.1, -0.05) is 0 Å². The van der Waals surface area contributed by atoms with Crippen LogP contribution in [0.5, 0.6) is 0 Å². The van der Waals surface area contributed by atoms with Crippen LogP contribution in [-0.2, 0) is 9.31 Å². The molecule has 0 aliphatic carbocycles. The summed E-state index contributed by atoms with van der Waals surface area (Å²) in [6.45, 7) is 10.2. The minimum absolute atomic E-state index is 0.337. The maximum atomic E-state index is 6.00. The van der Waals surface area contributed by atoms with Crippen molar-refractivity contribution in [3.05, 3.63) is 6.20 Å². The molecule has 2 saturated heterocycles. The maximum Gasteiger partial charge on any atom is 0.518 e. The lowest BCUT2D eigenvalue weighted by Crippen LogP contribution is -2.41. The van der Waals surface area contributed by atoms with E-state index in [0.29, 0.717) is 6.04 Å². The normalized spacial score (nSPS) is 26.1. The fraction of sp³-hybridized carbons (Fsp3) is 0.846. The average molecular weight is 278 g/mol. The monoisotopic (exact) mass is 278 g/mol. The molecule has 3 heterocycles. The van der Waals surface area contributed by atoms with Gasteiger partial charge in [0, 0.05) is 0 Å². The van der Waals surface area contributed by atoms with E-state index in [2.05, 4.69) is 15.5 Å². The van der Waals surface area contributed by atoms with Crippen LogP contribution in [0.4, 0.5) is 0 Å². The van der Waals surface area contributed by atoms with E-state index in [1.54, 1.807) is 6.20 Å². The van der Waals surface area contributed by atoms with Crippen molar-refractivity contribution in [1.82, 2.24) is 20.3 Å². The molecule has 6 nitrogen and oxygen atoms in total. The van der Waals surface area contributed by atoms with Crippen molar-refractivity contribution in [2.75, 3.05) is 13.1 Å². The zero-order valence-electron chi connectivity index (χ0n) is 12.7. The minimum Gasteiger partial charge on any atom is -0.398 e. The highest BCUT2D eigenvalue weighted by molar-refractivity contribution is 6.61. The van der Waals surface area contributed by atoms with Crippen LogP contribution < -0.4 is 10.9 Å². The Morgan fingerprint density at radius 2 is 1.80 bits per heavy atom. The van der Waals surface area contributed by atoms with Crippen LogP contribution in [0, 0.1) is 0 Å². The lowest BCUT2D eigenvalue weighted by Gasteiger charge is -2.32. The van der Waals surface area contributed by atoms with Crippen LogP contribution in [0.2, 0.25) is 0 Å². The second kappa shape index (κ2) is 4.82. The average Bonchev–Trinajstić information content (AvgIpc) is 2.94. The van der Waals surface area contributed by atoms with Gasteiger partial charge in [-0.2, -0.15) is 15.0 Å². The Balaban J connectivity index is 1.74. The minimum atomic E-state index is -0.421. The van der Waals surface area contributed by atoms with E-state index in [1.807, 2.05) is 32.5 Å². The molecular weight excluding hydrogens is 255 g/mol. The molecule has 0 unspecified atom stereocenters. The van der Waals surface area contributed by atoms with Gasteiger partial charge in [0.15, 0.2) is 0 Å². The van der Waals surface area contributed by atoms with Crippen LogP contribution in [0.25, 0.3) is 0 Å². The Kier molecular flexibility index (Phi) is 3.39. The number of hydrogen-bond acceptors (Lipinski definition) is 5. The van der Waals surface area contributed by atoms with Crippen molar-refractivity contribution in [1.29, 1.82) is 0 Å². The third kappa shape index (κ3) is 2.38. The Morgan fingerprint density at radius 1 is 1.20 bits per heavy atom. The van der Waals surface area contributed by atoms with Gasteiger partial charge in [0.05, 0.1) is 23.4 Å². The summed E-state index contributed by atoms with van der Waals surface area (Å²) in [6.07, 6.45) is 3.90. The van der Waals surface area contributed by atoms with Gasteiger partial charge in [-0.05, 0) is 53.6 Å². The lowest BCUT2D eigenvalue weighted by atomic mass is 9.86. The SMILES string of the molecule is CC1(C)OB(c2cnn(C3CCNCC3)n2)OC1(C)C. The van der Waals surface area contributed by atoms with Crippen molar-refractivity contribution < 1.29 is 9.31 Å². The summed E-state index contributed by atoms with van der Waals surface area (Å²) in [4.78, 5) is 1.82. The smallest absolute Gasteiger partial charge is 0.398 e. The summed E-state index contributed by atoms with van der Waals surface area (Å²) >= 11 is 0. The predicted molar refractivity (Wildman–Crippen MR) is 76.9 cm³/mol. The molecule has 0 radical (unpaired) electrons. The number of hydrogen-bond donors (Lipinski definition) is 1. The summed E-state index contributed by atoms with van der Waals surface area (Å²) in [6, 6.07) is 0.382. The summed E-state index contributed by atoms with van der Waals surface area (Å²) in [5.41, 5.74) is 0.0917. The van der Waals surface area contributed by atoms with Crippen molar-refractivity contribution in [3.63, 3.8) is 0 Å². The standard InChI is InChI=1S/C13H23BN4O2/c1-12(2)13(3,4)20-14(19-12)11-9-16-18(17-11)10-5-7-15-8-6-10/h9-10,15H,5-8H2,1-4H3. The van der Waals surface area contributed by atoms with Crippen LogP contribution in [0.15, 0.2) is 6.20 Å². The third-order valence-corrected chi connectivity index (χ3v) is 4.66. The topological polar surface area (TPSA) is 61.2 Å². The molecular formula is C13H23BN4O2. The second-order valence-corrected chi connectivity index (χ2v) is 6.66. The molecule has 2 fully saturated rings. The zero-order chi connectivity index (χ0) is 14.4. The molecule has 1 aromatic heterocycles. The fourth-order valence-electron chi connectivity index (χ4n) is 2.57. The molecule has 7 heteroatoms. The fourth-order valence-corrected chi connectivity index (χ4v) is 2.57. The van der Waals surface area contributed by atoms with Gasteiger partial charge in [-0.3, -0.25) is 0 Å². The molecule has 1 N–H and O–H groups in total. The van der Waals surface area contributed by atoms with E-state index in [9.17, 15) is 0 Å². The van der Waals surface area contributed by atoms with Crippen molar-refractivity contribution in [2.24, 2.45) is 0 Å². The first kappa shape index (κ1) is 14.0. The first-order valence-corrected chi connectivity index (χ1v) is 7.37. The first-order chi connectivity index (χ1) is 9.39. The molecule has 1 aromatic rings. The highest BCUT2D eigenvalue weighted by Gasteiger charge is 2.52. The van der Waals surface area contributed by atoms with Crippen LogP contribution in [0.1, 0.15) is 46.6 Å². The summed E-state index contributed by atoms with van der Waals surface area (Å²) < 4.78 is 12.0. The Bertz CT molecular complexity index is 466. The number of piperidine rings is 1. The summed E-state index contributed by atoms with van der Waals surface area (Å²) in [5, 5.41) is 12.3. The molecule has 0 aromatic carbocycles. The molecule has 2 aliphatic rings. The summed E-state index contributed by atoms with van der Waals surface area (Å²) in [7, 11) is -0.421. The first-order valence-electron chi connectivity index (χ1n) is 7.37. The van der Waals surface area contributed by atoms with Crippen LogP contribution >= 0.6 is 0 Å². The molecule has 0 bridgehead atoms. The number of nitrogens with zero attached hydrogens (tertiary/aromatic N) is 3. The van der Waals surface area contributed by atoms with E-state index in [1.165, 1.54) is 0 Å². The predicted octanol–water partition coefficient (Wildman–Crippen LogP) is 0.502.